The van der Waals surface area contributed by atoms with E-state index in [-0.39, 0.29) is 0 Å². The highest BCUT2D eigenvalue weighted by atomic mass is 35.5. The molecule has 21 heavy (non-hydrogen) atoms. The number of fused-ring (bicyclic) bond motifs is 1. The number of hydrogen-bond acceptors (Lipinski definition) is 3. The summed E-state index contributed by atoms with van der Waals surface area (Å²) in [5.74, 6) is 0. The molecule has 4 heteroatoms. The first-order valence-electron chi connectivity index (χ1n) is 6.91. The lowest BCUT2D eigenvalue weighted by Gasteiger charge is -2.12. The van der Waals surface area contributed by atoms with Crippen LogP contribution in [0.1, 0.15) is 11.3 Å². The Morgan fingerprint density at radius 2 is 2.05 bits per heavy atom. The molecule has 0 unspecified atom stereocenters. The zero-order valence-electron chi connectivity index (χ0n) is 11.8. The standard InChI is InChI=1S/C17H16ClN3/c1-11-14(5-3-9-20-11)16-13(7-8-19)10-12-4-2-6-15(18)17(12)21-16/h2-6,9-10H,7-8,19H2,1H3. The average molecular weight is 298 g/mol. The SMILES string of the molecule is Cc1ncccc1-c1nc2c(Cl)cccc2cc1CCN. The van der Waals surface area contributed by atoms with Crippen LogP contribution < -0.4 is 5.73 Å². The maximum absolute atomic E-state index is 6.28. The zero-order valence-corrected chi connectivity index (χ0v) is 12.6. The molecule has 1 aromatic carbocycles. The monoisotopic (exact) mass is 297 g/mol. The van der Waals surface area contributed by atoms with Crippen LogP contribution in [0.3, 0.4) is 0 Å². The van der Waals surface area contributed by atoms with Crippen molar-refractivity contribution in [3.05, 3.63) is 58.9 Å². The number of nitrogens with two attached hydrogens (primary N) is 1. The van der Waals surface area contributed by atoms with Gasteiger partial charge in [-0.15, -0.1) is 0 Å². The lowest BCUT2D eigenvalue weighted by molar-refractivity contribution is 0.964. The van der Waals surface area contributed by atoms with Gasteiger partial charge >= 0.3 is 0 Å². The van der Waals surface area contributed by atoms with Gasteiger partial charge in [-0.2, -0.15) is 0 Å². The van der Waals surface area contributed by atoms with Crippen LogP contribution in [0.25, 0.3) is 22.2 Å². The number of halogens is 1. The molecule has 0 fully saturated rings. The largest absolute Gasteiger partial charge is 0.330 e. The number of aryl methyl sites for hydroxylation is 1. The smallest absolute Gasteiger partial charge is 0.0895 e. The summed E-state index contributed by atoms with van der Waals surface area (Å²) in [4.78, 5) is 9.15. The first kappa shape index (κ1) is 14.0. The molecule has 0 atom stereocenters. The second-order valence-electron chi connectivity index (χ2n) is 4.98. The first-order valence-corrected chi connectivity index (χ1v) is 7.28. The van der Waals surface area contributed by atoms with Crippen LogP contribution in [0.4, 0.5) is 0 Å². The van der Waals surface area contributed by atoms with Crippen LogP contribution in [0, 0.1) is 6.92 Å². The van der Waals surface area contributed by atoms with Gasteiger partial charge in [-0.3, -0.25) is 4.98 Å². The van der Waals surface area contributed by atoms with Crippen molar-refractivity contribution in [2.45, 2.75) is 13.3 Å². The predicted octanol–water partition coefficient (Wildman–Crippen LogP) is 3.76. The predicted molar refractivity (Wildman–Crippen MR) is 87.5 cm³/mol. The van der Waals surface area contributed by atoms with Crippen molar-refractivity contribution >= 4 is 22.5 Å². The minimum absolute atomic E-state index is 0.583. The van der Waals surface area contributed by atoms with Crippen molar-refractivity contribution in [1.82, 2.24) is 9.97 Å². The second kappa shape index (κ2) is 5.80. The van der Waals surface area contributed by atoms with Gasteiger partial charge in [-0.05, 0) is 49.7 Å². The van der Waals surface area contributed by atoms with Crippen molar-refractivity contribution in [3.8, 4) is 11.3 Å². The molecule has 2 N–H and O–H groups in total. The van der Waals surface area contributed by atoms with Gasteiger partial charge in [-0.25, -0.2) is 4.98 Å². The fourth-order valence-electron chi connectivity index (χ4n) is 2.52. The summed E-state index contributed by atoms with van der Waals surface area (Å²) in [6.07, 6.45) is 2.56. The van der Waals surface area contributed by atoms with Crippen molar-refractivity contribution in [3.63, 3.8) is 0 Å². The second-order valence-corrected chi connectivity index (χ2v) is 5.39. The van der Waals surface area contributed by atoms with Crippen LogP contribution in [0.2, 0.25) is 5.02 Å². The lowest BCUT2D eigenvalue weighted by Crippen LogP contribution is -2.06. The normalized spacial score (nSPS) is 11.0. The molecule has 3 aromatic rings. The van der Waals surface area contributed by atoms with Crippen molar-refractivity contribution in [1.29, 1.82) is 0 Å². The van der Waals surface area contributed by atoms with Gasteiger partial charge in [0.15, 0.2) is 0 Å². The quantitative estimate of drug-likeness (QED) is 0.801. The van der Waals surface area contributed by atoms with Crippen LogP contribution in [-0.2, 0) is 6.42 Å². The van der Waals surface area contributed by atoms with Gasteiger partial charge in [0, 0.05) is 22.8 Å². The van der Waals surface area contributed by atoms with Crippen LogP contribution >= 0.6 is 11.6 Å². The Bertz CT molecular complexity index is 799. The lowest BCUT2D eigenvalue weighted by atomic mass is 10.0. The van der Waals surface area contributed by atoms with Crippen molar-refractivity contribution < 1.29 is 0 Å². The summed E-state index contributed by atoms with van der Waals surface area (Å²) in [6.45, 7) is 2.57. The molecule has 0 spiro atoms. The van der Waals surface area contributed by atoms with E-state index in [0.29, 0.717) is 11.6 Å². The Balaban J connectivity index is 2.31. The summed E-state index contributed by atoms with van der Waals surface area (Å²) >= 11 is 6.28. The van der Waals surface area contributed by atoms with E-state index in [0.717, 1.165) is 39.8 Å². The van der Waals surface area contributed by atoms with E-state index in [9.17, 15) is 0 Å². The summed E-state index contributed by atoms with van der Waals surface area (Å²) in [5.41, 5.74) is 10.6. The molecule has 0 saturated heterocycles. The highest BCUT2D eigenvalue weighted by molar-refractivity contribution is 6.35. The molecule has 0 amide bonds. The van der Waals surface area contributed by atoms with E-state index in [1.54, 1.807) is 6.20 Å². The Morgan fingerprint density at radius 1 is 1.19 bits per heavy atom. The number of benzene rings is 1. The van der Waals surface area contributed by atoms with E-state index in [2.05, 4.69) is 11.1 Å². The summed E-state index contributed by atoms with van der Waals surface area (Å²) in [7, 11) is 0. The van der Waals surface area contributed by atoms with Gasteiger partial charge in [0.25, 0.3) is 0 Å². The summed E-state index contributed by atoms with van der Waals surface area (Å²) in [5, 5.41) is 1.70. The Labute approximate surface area is 128 Å². The number of rotatable bonds is 3. The average Bonchev–Trinajstić information content (AvgIpc) is 2.48. The maximum Gasteiger partial charge on any atom is 0.0895 e. The van der Waals surface area contributed by atoms with Crippen molar-refractivity contribution in [2.24, 2.45) is 5.73 Å². The first-order chi connectivity index (χ1) is 10.2. The molecule has 0 aliphatic heterocycles. The molecule has 0 saturated carbocycles. The van der Waals surface area contributed by atoms with Gasteiger partial charge in [-0.1, -0.05) is 23.7 Å². The number of aromatic nitrogens is 2. The molecule has 2 aromatic heterocycles. The molecule has 2 heterocycles. The fourth-order valence-corrected chi connectivity index (χ4v) is 2.74. The third-order valence-corrected chi connectivity index (χ3v) is 3.86. The number of hydrogen-bond donors (Lipinski definition) is 1. The van der Waals surface area contributed by atoms with Gasteiger partial charge in [0.2, 0.25) is 0 Å². The minimum atomic E-state index is 0.583. The van der Waals surface area contributed by atoms with E-state index in [1.807, 2.05) is 37.3 Å². The molecule has 0 bridgehead atoms. The molecule has 0 radical (unpaired) electrons. The summed E-state index contributed by atoms with van der Waals surface area (Å²) in [6, 6.07) is 11.9. The third-order valence-electron chi connectivity index (χ3n) is 3.55. The molecular weight excluding hydrogens is 282 g/mol. The van der Waals surface area contributed by atoms with E-state index < -0.39 is 0 Å². The molecule has 3 rings (SSSR count). The van der Waals surface area contributed by atoms with Gasteiger partial charge in [0.05, 0.1) is 16.2 Å². The molecule has 0 aliphatic carbocycles. The van der Waals surface area contributed by atoms with E-state index in [1.165, 1.54) is 0 Å². The third kappa shape index (κ3) is 2.62. The molecule has 3 nitrogen and oxygen atoms in total. The highest BCUT2D eigenvalue weighted by Crippen LogP contribution is 2.30. The maximum atomic E-state index is 6.28. The highest BCUT2D eigenvalue weighted by Gasteiger charge is 2.12. The van der Waals surface area contributed by atoms with E-state index >= 15 is 0 Å². The molecular formula is C17H16ClN3. The Morgan fingerprint density at radius 3 is 2.81 bits per heavy atom. The van der Waals surface area contributed by atoms with Gasteiger partial charge in [0.1, 0.15) is 0 Å². The Hall–Kier alpha value is -1.97. The van der Waals surface area contributed by atoms with E-state index in [4.69, 9.17) is 22.3 Å². The topological polar surface area (TPSA) is 51.8 Å². The van der Waals surface area contributed by atoms with Crippen molar-refractivity contribution in [2.75, 3.05) is 6.54 Å². The molecule has 106 valence electrons. The number of pyridine rings is 2. The van der Waals surface area contributed by atoms with Crippen LogP contribution in [0.15, 0.2) is 42.6 Å². The minimum Gasteiger partial charge on any atom is -0.330 e. The Kier molecular flexibility index (Phi) is 3.86. The summed E-state index contributed by atoms with van der Waals surface area (Å²) < 4.78 is 0. The molecule has 0 aliphatic rings. The van der Waals surface area contributed by atoms with Gasteiger partial charge < -0.3 is 5.73 Å². The van der Waals surface area contributed by atoms with Crippen LogP contribution in [0.5, 0.6) is 0 Å². The zero-order chi connectivity index (χ0) is 14.8. The van der Waals surface area contributed by atoms with Crippen LogP contribution in [-0.4, -0.2) is 16.5 Å². The fraction of sp³-hybridized carbons (Fsp3) is 0.176. The number of nitrogens with zero attached hydrogens (tertiary/aromatic N) is 2. The number of para-hydroxylation sites is 1.